The van der Waals surface area contributed by atoms with Crippen LogP contribution in [-0.4, -0.2) is 23.3 Å². The predicted octanol–water partition coefficient (Wildman–Crippen LogP) is 2.38. The van der Waals surface area contributed by atoms with Crippen LogP contribution in [0.15, 0.2) is 58.4 Å². The lowest BCUT2D eigenvalue weighted by Gasteiger charge is -2.02. The number of hydrogen-bond acceptors (Lipinski definition) is 5. The molecule has 0 spiro atoms. The summed E-state index contributed by atoms with van der Waals surface area (Å²) in [6, 6.07) is 14.6. The Morgan fingerprint density at radius 3 is 2.95 bits per heavy atom. The molecule has 0 aliphatic rings. The van der Waals surface area contributed by atoms with Gasteiger partial charge in [0.1, 0.15) is 5.75 Å². The Hall–Kier alpha value is -3.15. The molecule has 0 aliphatic heterocycles. The average molecular weight is 294 g/mol. The normalized spacial score (nSPS) is 11.0. The Morgan fingerprint density at radius 2 is 2.09 bits per heavy atom. The van der Waals surface area contributed by atoms with Gasteiger partial charge < -0.3 is 4.74 Å². The number of H-pyrrole nitrogens is 1. The molecule has 0 bridgehead atoms. The lowest BCUT2D eigenvalue weighted by Crippen LogP contribution is -2.10. The first kappa shape index (κ1) is 13.8. The maximum absolute atomic E-state index is 11.9. The third kappa shape index (κ3) is 2.95. The lowest BCUT2D eigenvalue weighted by atomic mass is 10.2. The van der Waals surface area contributed by atoms with Gasteiger partial charge in [0, 0.05) is 0 Å². The van der Waals surface area contributed by atoms with Gasteiger partial charge >= 0.3 is 0 Å². The molecule has 6 nitrogen and oxygen atoms in total. The molecule has 2 N–H and O–H groups in total. The zero-order chi connectivity index (χ0) is 15.4. The molecule has 22 heavy (non-hydrogen) atoms. The second kappa shape index (κ2) is 6.09. The molecule has 0 radical (unpaired) electrons. The minimum Gasteiger partial charge on any atom is -0.497 e. The van der Waals surface area contributed by atoms with E-state index in [9.17, 15) is 4.79 Å². The number of nitrogens with one attached hydrogen (secondary N) is 2. The van der Waals surface area contributed by atoms with Crippen molar-refractivity contribution in [2.24, 2.45) is 5.10 Å². The Labute approximate surface area is 126 Å². The van der Waals surface area contributed by atoms with Crippen LogP contribution in [0.5, 0.6) is 5.75 Å². The van der Waals surface area contributed by atoms with Gasteiger partial charge in [-0.25, -0.2) is 10.4 Å². The average Bonchev–Trinajstić information content (AvgIpc) is 2.55. The highest BCUT2D eigenvalue weighted by Crippen LogP contribution is 2.11. The lowest BCUT2D eigenvalue weighted by molar-refractivity contribution is 0.415. The van der Waals surface area contributed by atoms with Gasteiger partial charge in [-0.1, -0.05) is 24.3 Å². The number of methoxy groups -OCH3 is 1. The summed E-state index contributed by atoms with van der Waals surface area (Å²) in [5, 5.41) is 4.62. The fourth-order valence-electron chi connectivity index (χ4n) is 2.03. The Kier molecular flexibility index (Phi) is 3.82. The molecule has 0 saturated carbocycles. The SMILES string of the molecule is COc1cccc(/C=N\Nc2nc3ccccc3c(=O)[nH]2)c1. The van der Waals surface area contributed by atoms with Crippen LogP contribution in [0.3, 0.4) is 0 Å². The highest BCUT2D eigenvalue weighted by Gasteiger charge is 2.01. The van der Waals surface area contributed by atoms with Crippen molar-refractivity contribution < 1.29 is 4.74 Å². The van der Waals surface area contributed by atoms with Gasteiger partial charge in [0.2, 0.25) is 5.95 Å². The molecule has 0 amide bonds. The molecule has 6 heteroatoms. The molecule has 1 aromatic heterocycles. The van der Waals surface area contributed by atoms with E-state index in [1.165, 1.54) is 0 Å². The first-order chi connectivity index (χ1) is 10.8. The van der Waals surface area contributed by atoms with Crippen LogP contribution < -0.4 is 15.7 Å². The fourth-order valence-corrected chi connectivity index (χ4v) is 2.03. The molecule has 3 aromatic rings. The maximum Gasteiger partial charge on any atom is 0.260 e. The van der Waals surface area contributed by atoms with Crippen molar-refractivity contribution in [3.63, 3.8) is 0 Å². The Bertz CT molecular complexity index is 886. The molecule has 2 aromatic carbocycles. The molecule has 0 saturated heterocycles. The number of rotatable bonds is 4. The van der Waals surface area contributed by atoms with E-state index >= 15 is 0 Å². The largest absolute Gasteiger partial charge is 0.497 e. The summed E-state index contributed by atoms with van der Waals surface area (Å²) >= 11 is 0. The maximum atomic E-state index is 11.9. The number of nitrogens with zero attached hydrogens (tertiary/aromatic N) is 2. The topological polar surface area (TPSA) is 79.4 Å². The third-order valence-corrected chi connectivity index (χ3v) is 3.09. The van der Waals surface area contributed by atoms with E-state index < -0.39 is 0 Å². The molecule has 110 valence electrons. The smallest absolute Gasteiger partial charge is 0.260 e. The zero-order valence-electron chi connectivity index (χ0n) is 11.9. The molecule has 0 fully saturated rings. The second-order valence-electron chi connectivity index (χ2n) is 4.58. The summed E-state index contributed by atoms with van der Waals surface area (Å²) in [5.74, 6) is 1.05. The van der Waals surface area contributed by atoms with E-state index in [0.717, 1.165) is 11.3 Å². The number of hydrazone groups is 1. The standard InChI is InChI=1S/C16H14N4O2/c1-22-12-6-4-5-11(9-12)10-17-20-16-18-14-8-3-2-7-13(14)15(21)19-16/h2-10H,1H3,(H2,18,19,20,21)/b17-10-. The van der Waals surface area contributed by atoms with E-state index in [2.05, 4.69) is 20.5 Å². The van der Waals surface area contributed by atoms with E-state index in [4.69, 9.17) is 4.74 Å². The van der Waals surface area contributed by atoms with Gasteiger partial charge in [0.25, 0.3) is 5.56 Å². The van der Waals surface area contributed by atoms with Crippen molar-refractivity contribution in [3.8, 4) is 5.75 Å². The second-order valence-corrected chi connectivity index (χ2v) is 4.58. The van der Waals surface area contributed by atoms with Crippen molar-refractivity contribution in [3.05, 3.63) is 64.4 Å². The van der Waals surface area contributed by atoms with Crippen molar-refractivity contribution in [1.82, 2.24) is 9.97 Å². The molecule has 3 rings (SSSR count). The van der Waals surface area contributed by atoms with Crippen LogP contribution in [0.1, 0.15) is 5.56 Å². The van der Waals surface area contributed by atoms with Gasteiger partial charge in [0.15, 0.2) is 0 Å². The molecule has 0 atom stereocenters. The zero-order valence-corrected chi connectivity index (χ0v) is 11.9. The number of fused-ring (bicyclic) bond motifs is 1. The van der Waals surface area contributed by atoms with Crippen LogP contribution >= 0.6 is 0 Å². The summed E-state index contributed by atoms with van der Waals surface area (Å²) in [7, 11) is 1.61. The number of ether oxygens (including phenoxy) is 1. The molecule has 1 heterocycles. The number of benzene rings is 2. The predicted molar refractivity (Wildman–Crippen MR) is 86.6 cm³/mol. The van der Waals surface area contributed by atoms with Gasteiger partial charge in [-0.15, -0.1) is 0 Å². The molecular weight excluding hydrogens is 280 g/mol. The number of hydrogen-bond donors (Lipinski definition) is 2. The molecular formula is C16H14N4O2. The molecule has 0 unspecified atom stereocenters. The summed E-state index contributed by atoms with van der Waals surface area (Å²) in [5.41, 5.74) is 4.01. The number of anilines is 1. The quantitative estimate of drug-likeness (QED) is 0.572. The van der Waals surface area contributed by atoms with Gasteiger partial charge in [-0.05, 0) is 29.8 Å². The van der Waals surface area contributed by atoms with E-state index in [1.54, 1.807) is 31.5 Å². The van der Waals surface area contributed by atoms with E-state index in [1.807, 2.05) is 30.3 Å². The van der Waals surface area contributed by atoms with Crippen molar-refractivity contribution in [1.29, 1.82) is 0 Å². The first-order valence-electron chi connectivity index (χ1n) is 6.68. The van der Waals surface area contributed by atoms with Gasteiger partial charge in [0.05, 0.1) is 24.2 Å². The number of aromatic amines is 1. The Morgan fingerprint density at radius 1 is 1.23 bits per heavy atom. The van der Waals surface area contributed by atoms with Crippen LogP contribution in [0.4, 0.5) is 5.95 Å². The highest BCUT2D eigenvalue weighted by molar-refractivity contribution is 5.81. The Balaban J connectivity index is 1.81. The first-order valence-corrected chi connectivity index (χ1v) is 6.68. The summed E-state index contributed by atoms with van der Waals surface area (Å²) in [6.45, 7) is 0. The monoisotopic (exact) mass is 294 g/mol. The number of aromatic nitrogens is 2. The highest BCUT2D eigenvalue weighted by atomic mass is 16.5. The van der Waals surface area contributed by atoms with Gasteiger partial charge in [-0.3, -0.25) is 9.78 Å². The van der Waals surface area contributed by atoms with Crippen LogP contribution in [0, 0.1) is 0 Å². The molecule has 0 aliphatic carbocycles. The number of para-hydroxylation sites is 1. The van der Waals surface area contributed by atoms with Crippen molar-refractivity contribution in [2.45, 2.75) is 0 Å². The minimum absolute atomic E-state index is 0.204. The van der Waals surface area contributed by atoms with Crippen LogP contribution in [0.2, 0.25) is 0 Å². The van der Waals surface area contributed by atoms with E-state index in [-0.39, 0.29) is 5.56 Å². The summed E-state index contributed by atoms with van der Waals surface area (Å²) in [4.78, 5) is 18.9. The van der Waals surface area contributed by atoms with Crippen molar-refractivity contribution in [2.75, 3.05) is 12.5 Å². The van der Waals surface area contributed by atoms with Crippen molar-refractivity contribution >= 4 is 23.1 Å². The third-order valence-electron chi connectivity index (χ3n) is 3.09. The summed E-state index contributed by atoms with van der Waals surface area (Å²) in [6.07, 6.45) is 1.62. The minimum atomic E-state index is -0.204. The van der Waals surface area contributed by atoms with Gasteiger partial charge in [-0.2, -0.15) is 5.10 Å². The summed E-state index contributed by atoms with van der Waals surface area (Å²) < 4.78 is 5.14. The fraction of sp³-hybridized carbons (Fsp3) is 0.0625. The van der Waals surface area contributed by atoms with Crippen LogP contribution in [0.25, 0.3) is 10.9 Å². The van der Waals surface area contributed by atoms with Crippen LogP contribution in [-0.2, 0) is 0 Å². The van der Waals surface area contributed by atoms with E-state index in [0.29, 0.717) is 16.9 Å².